The molecule has 0 aliphatic heterocycles. The van der Waals surface area contributed by atoms with Gasteiger partial charge in [-0.2, -0.15) is 0 Å². The van der Waals surface area contributed by atoms with Crippen LogP contribution in [0, 0.1) is 0 Å². The zero-order chi connectivity index (χ0) is 21.5. The molecule has 0 unspecified atom stereocenters. The summed E-state index contributed by atoms with van der Waals surface area (Å²) in [5.74, 6) is 1.68. The van der Waals surface area contributed by atoms with Crippen LogP contribution in [-0.4, -0.2) is 63.3 Å². The first kappa shape index (κ1) is 21.9. The maximum atomic E-state index is 13.1. The molecule has 0 radical (unpaired) electrons. The first-order chi connectivity index (χ1) is 14.5. The van der Waals surface area contributed by atoms with Crippen molar-refractivity contribution in [2.75, 3.05) is 52.4 Å². The molecular formula is C22H27N3O4S. The van der Waals surface area contributed by atoms with E-state index in [0.717, 1.165) is 16.0 Å². The molecule has 0 spiro atoms. The highest BCUT2D eigenvalue weighted by Gasteiger charge is 2.22. The Balaban J connectivity index is 1.84. The van der Waals surface area contributed by atoms with Gasteiger partial charge in [-0.3, -0.25) is 9.69 Å². The Labute approximate surface area is 180 Å². The number of carbonyl (C=O) groups excluding carboxylic acids is 1. The van der Waals surface area contributed by atoms with Gasteiger partial charge in [0.15, 0.2) is 23.2 Å². The summed E-state index contributed by atoms with van der Waals surface area (Å²) in [6.07, 6.45) is 0. The van der Waals surface area contributed by atoms with E-state index in [0.29, 0.717) is 36.3 Å². The van der Waals surface area contributed by atoms with Crippen molar-refractivity contribution >= 4 is 32.6 Å². The van der Waals surface area contributed by atoms with Gasteiger partial charge in [0.05, 0.1) is 18.4 Å². The molecule has 0 saturated heterocycles. The third-order valence-corrected chi connectivity index (χ3v) is 5.44. The minimum Gasteiger partial charge on any atom is -0.493 e. The van der Waals surface area contributed by atoms with Crippen LogP contribution in [0.1, 0.15) is 6.92 Å². The number of amides is 1. The van der Waals surface area contributed by atoms with Crippen molar-refractivity contribution in [3.05, 3.63) is 42.5 Å². The zero-order valence-corrected chi connectivity index (χ0v) is 18.6. The molecule has 1 amide bonds. The van der Waals surface area contributed by atoms with E-state index in [1.807, 2.05) is 56.3 Å². The predicted molar refractivity (Wildman–Crippen MR) is 120 cm³/mol. The van der Waals surface area contributed by atoms with Gasteiger partial charge in [0.1, 0.15) is 11.3 Å². The van der Waals surface area contributed by atoms with Crippen molar-refractivity contribution in [3.63, 3.8) is 0 Å². The molecule has 2 aromatic carbocycles. The molecule has 160 valence electrons. The van der Waals surface area contributed by atoms with Gasteiger partial charge in [-0.05, 0) is 45.3 Å². The van der Waals surface area contributed by atoms with E-state index < -0.39 is 0 Å². The second-order valence-electron chi connectivity index (χ2n) is 6.82. The zero-order valence-electron chi connectivity index (χ0n) is 17.8. The lowest BCUT2D eigenvalue weighted by Gasteiger charge is -2.22. The van der Waals surface area contributed by atoms with E-state index in [9.17, 15) is 4.79 Å². The highest BCUT2D eigenvalue weighted by molar-refractivity contribution is 7.22. The molecule has 7 nitrogen and oxygen atoms in total. The number of thiazole rings is 1. The van der Waals surface area contributed by atoms with E-state index in [1.165, 1.54) is 11.3 Å². The van der Waals surface area contributed by atoms with E-state index in [-0.39, 0.29) is 12.5 Å². The first-order valence-electron chi connectivity index (χ1n) is 9.76. The van der Waals surface area contributed by atoms with Gasteiger partial charge in [0.25, 0.3) is 5.91 Å². The van der Waals surface area contributed by atoms with Crippen LogP contribution >= 0.6 is 11.3 Å². The van der Waals surface area contributed by atoms with Crippen LogP contribution < -0.4 is 19.1 Å². The number of aromatic nitrogens is 1. The van der Waals surface area contributed by atoms with E-state index in [1.54, 1.807) is 24.1 Å². The molecule has 30 heavy (non-hydrogen) atoms. The van der Waals surface area contributed by atoms with Gasteiger partial charge in [-0.1, -0.05) is 29.5 Å². The lowest BCUT2D eigenvalue weighted by atomic mass is 10.3. The van der Waals surface area contributed by atoms with Crippen LogP contribution in [0.25, 0.3) is 10.2 Å². The molecule has 0 atom stereocenters. The van der Waals surface area contributed by atoms with Crippen molar-refractivity contribution in [3.8, 4) is 17.2 Å². The number of fused-ring (bicyclic) bond motifs is 1. The highest BCUT2D eigenvalue weighted by atomic mass is 32.1. The van der Waals surface area contributed by atoms with Crippen molar-refractivity contribution in [2.24, 2.45) is 0 Å². The Morgan fingerprint density at radius 3 is 2.43 bits per heavy atom. The summed E-state index contributed by atoms with van der Waals surface area (Å²) < 4.78 is 17.7. The summed E-state index contributed by atoms with van der Waals surface area (Å²) in [6, 6.07) is 13.1. The van der Waals surface area contributed by atoms with Crippen LogP contribution in [-0.2, 0) is 4.79 Å². The normalized spacial score (nSPS) is 11.0. The van der Waals surface area contributed by atoms with Crippen LogP contribution in [0.4, 0.5) is 5.13 Å². The number of benzene rings is 2. The molecule has 0 fully saturated rings. The van der Waals surface area contributed by atoms with E-state index >= 15 is 0 Å². The van der Waals surface area contributed by atoms with E-state index in [2.05, 4.69) is 0 Å². The smallest absolute Gasteiger partial charge is 0.266 e. The number of hydrogen-bond donors (Lipinski definition) is 0. The van der Waals surface area contributed by atoms with Gasteiger partial charge in [-0.25, -0.2) is 4.98 Å². The molecule has 0 saturated carbocycles. The number of ether oxygens (including phenoxy) is 3. The molecule has 0 aliphatic carbocycles. The fraction of sp³-hybridized carbons (Fsp3) is 0.364. The van der Waals surface area contributed by atoms with Gasteiger partial charge in [-0.15, -0.1) is 0 Å². The summed E-state index contributed by atoms with van der Waals surface area (Å²) in [4.78, 5) is 21.5. The van der Waals surface area contributed by atoms with Crippen LogP contribution in [0.15, 0.2) is 42.5 Å². The van der Waals surface area contributed by atoms with Crippen LogP contribution in [0.5, 0.6) is 17.2 Å². The predicted octanol–water partition coefficient (Wildman–Crippen LogP) is 3.68. The number of methoxy groups -OCH3 is 1. The van der Waals surface area contributed by atoms with E-state index in [4.69, 9.17) is 19.2 Å². The Hall–Kier alpha value is -2.84. The molecule has 1 aromatic heterocycles. The Morgan fingerprint density at radius 2 is 1.73 bits per heavy atom. The maximum absolute atomic E-state index is 13.1. The number of likely N-dealkylation sites (N-methyl/N-ethyl adjacent to an activating group) is 1. The molecule has 3 aromatic rings. The number of para-hydroxylation sites is 3. The Morgan fingerprint density at radius 1 is 1.00 bits per heavy atom. The fourth-order valence-corrected chi connectivity index (χ4v) is 3.91. The van der Waals surface area contributed by atoms with Gasteiger partial charge in [0.2, 0.25) is 0 Å². The average Bonchev–Trinajstić information content (AvgIpc) is 3.17. The van der Waals surface area contributed by atoms with Crippen molar-refractivity contribution in [2.45, 2.75) is 6.92 Å². The van der Waals surface area contributed by atoms with Gasteiger partial charge >= 0.3 is 0 Å². The largest absolute Gasteiger partial charge is 0.493 e. The minimum absolute atomic E-state index is 0.109. The minimum atomic E-state index is -0.167. The second-order valence-corrected chi connectivity index (χ2v) is 7.83. The molecule has 0 N–H and O–H groups in total. The average molecular weight is 430 g/mol. The monoisotopic (exact) mass is 429 g/mol. The molecular weight excluding hydrogens is 402 g/mol. The number of hydrogen-bond acceptors (Lipinski definition) is 7. The Bertz CT molecular complexity index is 989. The summed E-state index contributed by atoms with van der Waals surface area (Å²) in [5, 5.41) is 0.632. The molecule has 8 heteroatoms. The summed E-state index contributed by atoms with van der Waals surface area (Å²) in [7, 11) is 5.52. The van der Waals surface area contributed by atoms with Crippen LogP contribution in [0.2, 0.25) is 0 Å². The standard InChI is InChI=1S/C22H27N3O4S/c1-5-28-18-11-8-12-19-21(18)23-22(30-19)25(14-13-24(2)3)20(26)15-29-17-10-7-6-9-16(17)27-4/h6-12H,5,13-15H2,1-4H3. The van der Waals surface area contributed by atoms with Gasteiger partial charge in [0, 0.05) is 13.1 Å². The Kier molecular flexibility index (Phi) is 7.48. The summed E-state index contributed by atoms with van der Waals surface area (Å²) >= 11 is 1.47. The summed E-state index contributed by atoms with van der Waals surface area (Å²) in [5.41, 5.74) is 0.771. The number of rotatable bonds is 10. The molecule has 1 heterocycles. The second kappa shape index (κ2) is 10.3. The lowest BCUT2D eigenvalue weighted by Crippen LogP contribution is -2.39. The number of carbonyl (C=O) groups is 1. The third-order valence-electron chi connectivity index (χ3n) is 4.39. The fourth-order valence-electron chi connectivity index (χ4n) is 2.88. The first-order valence-corrected chi connectivity index (χ1v) is 10.6. The lowest BCUT2D eigenvalue weighted by molar-refractivity contribution is -0.120. The summed E-state index contributed by atoms with van der Waals surface area (Å²) in [6.45, 7) is 3.60. The quantitative estimate of drug-likeness (QED) is 0.490. The number of anilines is 1. The molecule has 0 bridgehead atoms. The third kappa shape index (κ3) is 5.20. The van der Waals surface area contributed by atoms with Crippen molar-refractivity contribution < 1.29 is 19.0 Å². The molecule has 3 rings (SSSR count). The van der Waals surface area contributed by atoms with Gasteiger partial charge < -0.3 is 19.1 Å². The van der Waals surface area contributed by atoms with Crippen LogP contribution in [0.3, 0.4) is 0 Å². The van der Waals surface area contributed by atoms with Crippen molar-refractivity contribution in [1.82, 2.24) is 9.88 Å². The topological polar surface area (TPSA) is 64.1 Å². The maximum Gasteiger partial charge on any atom is 0.266 e. The van der Waals surface area contributed by atoms with Crippen molar-refractivity contribution in [1.29, 1.82) is 0 Å². The number of nitrogens with zero attached hydrogens (tertiary/aromatic N) is 3. The highest BCUT2D eigenvalue weighted by Crippen LogP contribution is 2.34. The molecule has 0 aliphatic rings. The SMILES string of the molecule is CCOc1cccc2sc(N(CCN(C)C)C(=O)COc3ccccc3OC)nc12.